The zero-order chi connectivity index (χ0) is 16.2. The molecule has 2 aliphatic carbocycles. The molecule has 2 N–H and O–H groups in total. The average Bonchev–Trinajstić information content (AvgIpc) is 3.43. The molecule has 0 amide bonds. The molecule has 0 saturated heterocycles. The van der Waals surface area contributed by atoms with Crippen molar-refractivity contribution in [2.45, 2.75) is 37.0 Å². The number of aryl methyl sites for hydroxylation is 1. The van der Waals surface area contributed by atoms with Crippen molar-refractivity contribution in [1.29, 1.82) is 0 Å². The van der Waals surface area contributed by atoms with E-state index in [-0.39, 0.29) is 5.82 Å². The van der Waals surface area contributed by atoms with Crippen LogP contribution in [-0.2, 0) is 11.6 Å². The molecule has 2 saturated carbocycles. The number of methoxy groups -OCH3 is 1. The molecule has 0 radical (unpaired) electrons. The Labute approximate surface area is 134 Å². The highest BCUT2D eigenvalue weighted by Gasteiger charge is 2.53. The van der Waals surface area contributed by atoms with E-state index in [4.69, 9.17) is 10.5 Å². The number of hydrogen-bond acceptors (Lipinski definition) is 6. The zero-order valence-corrected chi connectivity index (χ0v) is 14.2. The molecule has 8 heteroatoms. The molecule has 23 heavy (non-hydrogen) atoms. The van der Waals surface area contributed by atoms with Crippen LogP contribution in [0.15, 0.2) is 12.4 Å². The van der Waals surface area contributed by atoms with Gasteiger partial charge in [-0.3, -0.25) is 4.68 Å². The Balaban J connectivity index is 1.82. The molecule has 122 valence electrons. The Morgan fingerprint density at radius 3 is 2.48 bits per heavy atom. The van der Waals surface area contributed by atoms with E-state index < -0.39 is 7.14 Å². The van der Waals surface area contributed by atoms with E-state index in [1.807, 2.05) is 13.1 Å². The third-order valence-electron chi connectivity index (χ3n) is 4.67. The lowest BCUT2D eigenvalue weighted by Gasteiger charge is -2.17. The summed E-state index contributed by atoms with van der Waals surface area (Å²) in [6.07, 6.45) is 5.66. The normalized spacial score (nSPS) is 18.2. The predicted molar refractivity (Wildman–Crippen MR) is 88.5 cm³/mol. The monoisotopic (exact) mass is 333 g/mol. The van der Waals surface area contributed by atoms with Crippen LogP contribution >= 0.6 is 7.14 Å². The second-order valence-electron chi connectivity index (χ2n) is 6.32. The molecule has 0 unspecified atom stereocenters. The summed E-state index contributed by atoms with van der Waals surface area (Å²) < 4.78 is 20.7. The Kier molecular flexibility index (Phi) is 3.23. The molecule has 7 nitrogen and oxygen atoms in total. The maximum atomic E-state index is 13.7. The van der Waals surface area contributed by atoms with Gasteiger partial charge in [-0.2, -0.15) is 5.10 Å². The third kappa shape index (κ3) is 2.26. The topological polar surface area (TPSA) is 95.9 Å². The molecule has 0 aliphatic heterocycles. The van der Waals surface area contributed by atoms with E-state index in [0.29, 0.717) is 28.5 Å². The summed E-state index contributed by atoms with van der Waals surface area (Å²) >= 11 is 0. The van der Waals surface area contributed by atoms with Gasteiger partial charge in [-0.05, 0) is 31.7 Å². The van der Waals surface area contributed by atoms with Crippen LogP contribution in [0.5, 0.6) is 5.75 Å². The first-order valence-corrected chi connectivity index (χ1v) is 9.69. The predicted octanol–water partition coefficient (Wildman–Crippen LogP) is 1.78. The number of nitrogens with zero attached hydrogens (tertiary/aromatic N) is 4. The van der Waals surface area contributed by atoms with Crippen LogP contribution in [0.3, 0.4) is 0 Å². The molecule has 2 heterocycles. The van der Waals surface area contributed by atoms with Gasteiger partial charge in [0.2, 0.25) is 0 Å². The van der Waals surface area contributed by atoms with Gasteiger partial charge in [-0.1, -0.05) is 0 Å². The quantitative estimate of drug-likeness (QED) is 0.838. The van der Waals surface area contributed by atoms with Crippen LogP contribution in [0.2, 0.25) is 0 Å². The smallest absolute Gasteiger partial charge is 0.189 e. The summed E-state index contributed by atoms with van der Waals surface area (Å²) in [5.41, 5.74) is 8.57. The van der Waals surface area contributed by atoms with E-state index in [2.05, 4.69) is 15.1 Å². The molecule has 0 aromatic carbocycles. The summed E-state index contributed by atoms with van der Waals surface area (Å²) in [4.78, 5) is 8.20. The maximum Gasteiger partial charge on any atom is 0.189 e. The number of ether oxygens (including phenoxy) is 1. The van der Waals surface area contributed by atoms with Crippen molar-refractivity contribution in [1.82, 2.24) is 19.7 Å². The fourth-order valence-corrected chi connectivity index (χ4v) is 7.26. The van der Waals surface area contributed by atoms with Crippen molar-refractivity contribution in [3.05, 3.63) is 12.4 Å². The van der Waals surface area contributed by atoms with Gasteiger partial charge < -0.3 is 15.0 Å². The summed E-state index contributed by atoms with van der Waals surface area (Å²) in [7, 11) is 1.00. The number of nitrogens with two attached hydrogens (primary N) is 1. The van der Waals surface area contributed by atoms with Crippen molar-refractivity contribution in [2.24, 2.45) is 7.05 Å². The number of rotatable bonds is 5. The molecule has 0 spiro atoms. The maximum absolute atomic E-state index is 13.7. The van der Waals surface area contributed by atoms with Crippen molar-refractivity contribution >= 4 is 18.4 Å². The van der Waals surface area contributed by atoms with E-state index in [0.717, 1.165) is 31.1 Å². The summed E-state index contributed by atoms with van der Waals surface area (Å²) in [5, 5.41) is 4.54. The first-order valence-electron chi connectivity index (χ1n) is 7.84. The number of hydrogen-bond donors (Lipinski definition) is 1. The zero-order valence-electron chi connectivity index (χ0n) is 13.3. The van der Waals surface area contributed by atoms with Crippen LogP contribution in [0.1, 0.15) is 25.7 Å². The van der Waals surface area contributed by atoms with Crippen molar-refractivity contribution in [3.8, 4) is 17.1 Å². The summed E-state index contributed by atoms with van der Waals surface area (Å²) in [6.45, 7) is 0. The highest BCUT2D eigenvalue weighted by Crippen LogP contribution is 2.69. The number of aromatic nitrogens is 4. The Morgan fingerprint density at radius 2 is 1.91 bits per heavy atom. The minimum atomic E-state index is -2.38. The average molecular weight is 333 g/mol. The van der Waals surface area contributed by atoms with E-state index in [1.54, 1.807) is 4.68 Å². The van der Waals surface area contributed by atoms with E-state index in [9.17, 15) is 4.57 Å². The molecule has 2 fully saturated rings. The first kappa shape index (κ1) is 14.7. The lowest BCUT2D eigenvalue weighted by molar-refractivity contribution is 0.415. The Bertz CT molecular complexity index is 794. The van der Waals surface area contributed by atoms with Gasteiger partial charge >= 0.3 is 0 Å². The lowest BCUT2D eigenvalue weighted by Crippen LogP contribution is -2.20. The van der Waals surface area contributed by atoms with Crippen molar-refractivity contribution in [2.75, 3.05) is 12.8 Å². The third-order valence-corrected chi connectivity index (χ3v) is 9.01. The largest absolute Gasteiger partial charge is 0.491 e. The number of nitrogen functional groups attached to an aromatic ring is 1. The van der Waals surface area contributed by atoms with Crippen LogP contribution in [-0.4, -0.2) is 38.2 Å². The van der Waals surface area contributed by atoms with Gasteiger partial charge in [0.25, 0.3) is 0 Å². The molecule has 2 aliphatic rings. The number of anilines is 1. The first-order chi connectivity index (χ1) is 11.1. The van der Waals surface area contributed by atoms with Crippen LogP contribution < -0.4 is 15.9 Å². The van der Waals surface area contributed by atoms with Crippen molar-refractivity contribution in [3.63, 3.8) is 0 Å². The Hall–Kier alpha value is -1.88. The fraction of sp³-hybridized carbons (Fsp3) is 0.533. The highest BCUT2D eigenvalue weighted by atomic mass is 31.2. The van der Waals surface area contributed by atoms with Gasteiger partial charge in [-0.15, -0.1) is 0 Å². The lowest BCUT2D eigenvalue weighted by atomic mass is 10.2. The SMILES string of the molecule is COc1c(N)ncnc1-c1cc(P(=O)(C2CC2)C2CC2)n(C)n1. The fourth-order valence-electron chi connectivity index (χ4n) is 3.26. The van der Waals surface area contributed by atoms with Gasteiger partial charge in [0.1, 0.15) is 24.9 Å². The van der Waals surface area contributed by atoms with Gasteiger partial charge in [0, 0.05) is 18.4 Å². The van der Waals surface area contributed by atoms with E-state index >= 15 is 0 Å². The molecule has 0 bridgehead atoms. The van der Waals surface area contributed by atoms with Gasteiger partial charge in [0.05, 0.1) is 12.5 Å². The Morgan fingerprint density at radius 1 is 1.26 bits per heavy atom. The standard InChI is InChI=1S/C15H20N5O2P/c1-20-12(23(21,9-3-4-9)10-5-6-10)7-11(19-20)13-14(22-2)15(16)18-8-17-13/h7-10H,3-6H2,1-2H3,(H2,16,17,18). The van der Waals surface area contributed by atoms with Gasteiger partial charge in [0.15, 0.2) is 11.6 Å². The molecule has 2 aromatic heterocycles. The molecular formula is C15H20N5O2P. The molecule has 4 rings (SSSR count). The van der Waals surface area contributed by atoms with Crippen LogP contribution in [0.25, 0.3) is 11.4 Å². The van der Waals surface area contributed by atoms with Gasteiger partial charge in [-0.25, -0.2) is 9.97 Å². The van der Waals surface area contributed by atoms with Crippen molar-refractivity contribution < 1.29 is 9.30 Å². The summed E-state index contributed by atoms with van der Waals surface area (Å²) in [5.74, 6) is 0.682. The molecule has 2 aromatic rings. The molecule has 0 atom stereocenters. The molecular weight excluding hydrogens is 313 g/mol. The second kappa shape index (κ2) is 5.06. The minimum absolute atomic E-state index is 0.275. The summed E-state index contributed by atoms with van der Waals surface area (Å²) in [6, 6.07) is 1.90. The van der Waals surface area contributed by atoms with Crippen LogP contribution in [0.4, 0.5) is 5.82 Å². The van der Waals surface area contributed by atoms with E-state index in [1.165, 1.54) is 13.4 Å². The minimum Gasteiger partial charge on any atom is -0.491 e. The highest BCUT2D eigenvalue weighted by molar-refractivity contribution is 7.73. The van der Waals surface area contributed by atoms with Crippen LogP contribution in [0, 0.1) is 0 Å². The second-order valence-corrected chi connectivity index (χ2v) is 9.66.